The van der Waals surface area contributed by atoms with E-state index < -0.39 is 0 Å². The average molecular weight is 299 g/mol. The van der Waals surface area contributed by atoms with Gasteiger partial charge in [0, 0.05) is 5.56 Å². The maximum atomic E-state index is 12.2. The molecule has 112 valence electrons. The predicted molar refractivity (Wildman–Crippen MR) is 79.3 cm³/mol. The molecular weight excluding hydrogens is 286 g/mol. The highest BCUT2D eigenvalue weighted by Crippen LogP contribution is 2.27. The van der Waals surface area contributed by atoms with Gasteiger partial charge in [0.1, 0.15) is 11.6 Å². The fraction of sp³-hybridized carbons (Fsp3) is 0.133. The summed E-state index contributed by atoms with van der Waals surface area (Å²) < 4.78 is 10.3. The third kappa shape index (κ3) is 2.83. The van der Waals surface area contributed by atoms with Gasteiger partial charge in [-0.1, -0.05) is 6.07 Å². The summed E-state index contributed by atoms with van der Waals surface area (Å²) in [6.45, 7) is -0.0375. The van der Waals surface area contributed by atoms with Crippen molar-refractivity contribution in [3.63, 3.8) is 0 Å². The molecule has 2 amide bonds. The smallest absolute Gasteiger partial charge is 0.263 e. The molecule has 0 saturated carbocycles. The largest absolute Gasteiger partial charge is 0.497 e. The number of pyridine rings is 1. The Bertz CT molecular complexity index is 745. The van der Waals surface area contributed by atoms with Crippen molar-refractivity contribution in [1.82, 2.24) is 4.98 Å². The van der Waals surface area contributed by atoms with Crippen LogP contribution in [0.1, 0.15) is 10.4 Å². The third-order valence-corrected chi connectivity index (χ3v) is 3.05. The Labute approximate surface area is 126 Å². The highest BCUT2D eigenvalue weighted by Gasteiger charge is 2.18. The van der Waals surface area contributed by atoms with E-state index in [1.54, 1.807) is 36.4 Å². The lowest BCUT2D eigenvalue weighted by molar-refractivity contribution is -0.118. The van der Waals surface area contributed by atoms with Crippen molar-refractivity contribution < 1.29 is 19.1 Å². The number of ether oxygens (including phenoxy) is 2. The maximum Gasteiger partial charge on any atom is 0.263 e. The summed E-state index contributed by atoms with van der Waals surface area (Å²) in [5, 5.41) is 5.25. The Kier molecular flexibility index (Phi) is 3.61. The molecule has 7 heteroatoms. The standard InChI is InChI=1S/C15H13N3O4/c1-21-10-4-2-3-9(7-10)15(20)17-12-6-5-11-14(16-12)18-13(19)8-22-11/h2-7H,8H2,1H3,(H2,16,17,18,19,20). The number of anilines is 2. The van der Waals surface area contributed by atoms with E-state index in [2.05, 4.69) is 15.6 Å². The van der Waals surface area contributed by atoms with Crippen molar-refractivity contribution in [2.75, 3.05) is 24.4 Å². The SMILES string of the molecule is COc1cccc(C(=O)Nc2ccc3c(n2)NC(=O)CO3)c1. The van der Waals surface area contributed by atoms with Crippen LogP contribution >= 0.6 is 0 Å². The molecular formula is C15H13N3O4. The molecule has 0 spiro atoms. The number of rotatable bonds is 3. The van der Waals surface area contributed by atoms with E-state index in [0.29, 0.717) is 28.7 Å². The minimum absolute atomic E-state index is 0.0375. The Hall–Kier alpha value is -3.09. The van der Waals surface area contributed by atoms with Crippen LogP contribution in [0, 0.1) is 0 Å². The number of aromatic nitrogens is 1. The molecule has 7 nitrogen and oxygen atoms in total. The van der Waals surface area contributed by atoms with Gasteiger partial charge in [-0.05, 0) is 30.3 Å². The van der Waals surface area contributed by atoms with Gasteiger partial charge in [-0.3, -0.25) is 9.59 Å². The highest BCUT2D eigenvalue weighted by atomic mass is 16.5. The lowest BCUT2D eigenvalue weighted by atomic mass is 10.2. The molecule has 2 N–H and O–H groups in total. The van der Waals surface area contributed by atoms with Crippen LogP contribution in [0.4, 0.5) is 11.6 Å². The molecule has 0 unspecified atom stereocenters. The number of amides is 2. The Morgan fingerprint density at radius 1 is 1.36 bits per heavy atom. The monoisotopic (exact) mass is 299 g/mol. The Morgan fingerprint density at radius 3 is 3.05 bits per heavy atom. The van der Waals surface area contributed by atoms with Crippen molar-refractivity contribution >= 4 is 23.5 Å². The van der Waals surface area contributed by atoms with Gasteiger partial charge in [0.25, 0.3) is 11.8 Å². The van der Waals surface area contributed by atoms with Gasteiger partial charge in [-0.2, -0.15) is 0 Å². The molecule has 0 saturated heterocycles. The molecule has 0 radical (unpaired) electrons. The average Bonchev–Trinajstić information content (AvgIpc) is 2.54. The molecule has 1 aromatic heterocycles. The van der Waals surface area contributed by atoms with E-state index >= 15 is 0 Å². The number of benzene rings is 1. The number of carbonyl (C=O) groups excluding carboxylic acids is 2. The number of nitrogens with zero attached hydrogens (tertiary/aromatic N) is 1. The number of carbonyl (C=O) groups is 2. The predicted octanol–water partition coefficient (Wildman–Crippen LogP) is 1.67. The van der Waals surface area contributed by atoms with E-state index in [1.807, 2.05) is 0 Å². The topological polar surface area (TPSA) is 89.5 Å². The van der Waals surface area contributed by atoms with Crippen LogP contribution in [-0.2, 0) is 4.79 Å². The van der Waals surface area contributed by atoms with E-state index in [4.69, 9.17) is 9.47 Å². The summed E-state index contributed by atoms with van der Waals surface area (Å²) in [6.07, 6.45) is 0. The van der Waals surface area contributed by atoms with Crippen LogP contribution in [0.15, 0.2) is 36.4 Å². The van der Waals surface area contributed by atoms with Gasteiger partial charge in [-0.25, -0.2) is 4.98 Å². The summed E-state index contributed by atoms with van der Waals surface area (Å²) >= 11 is 0. The fourth-order valence-corrected chi connectivity index (χ4v) is 1.99. The minimum atomic E-state index is -0.325. The molecule has 0 atom stereocenters. The zero-order chi connectivity index (χ0) is 15.5. The number of nitrogens with one attached hydrogen (secondary N) is 2. The molecule has 22 heavy (non-hydrogen) atoms. The molecule has 3 rings (SSSR count). The molecule has 1 aliphatic rings. The summed E-state index contributed by atoms with van der Waals surface area (Å²) in [7, 11) is 1.53. The summed E-state index contributed by atoms with van der Waals surface area (Å²) in [5.74, 6) is 1.06. The van der Waals surface area contributed by atoms with Crippen molar-refractivity contribution in [2.24, 2.45) is 0 Å². The minimum Gasteiger partial charge on any atom is -0.497 e. The molecule has 0 fully saturated rings. The van der Waals surface area contributed by atoms with Gasteiger partial charge in [0.15, 0.2) is 18.2 Å². The van der Waals surface area contributed by atoms with Crippen LogP contribution in [0.25, 0.3) is 0 Å². The van der Waals surface area contributed by atoms with Crippen molar-refractivity contribution in [3.05, 3.63) is 42.0 Å². The van der Waals surface area contributed by atoms with Crippen molar-refractivity contribution in [1.29, 1.82) is 0 Å². The molecule has 0 aliphatic carbocycles. The van der Waals surface area contributed by atoms with Crippen molar-refractivity contribution in [2.45, 2.75) is 0 Å². The molecule has 1 aromatic carbocycles. The van der Waals surface area contributed by atoms with Gasteiger partial charge >= 0.3 is 0 Å². The van der Waals surface area contributed by atoms with Crippen LogP contribution in [-0.4, -0.2) is 30.5 Å². The number of methoxy groups -OCH3 is 1. The molecule has 2 heterocycles. The first-order chi connectivity index (χ1) is 10.7. The fourth-order valence-electron chi connectivity index (χ4n) is 1.99. The third-order valence-electron chi connectivity index (χ3n) is 3.05. The van der Waals surface area contributed by atoms with E-state index in [1.165, 1.54) is 7.11 Å². The molecule has 1 aliphatic heterocycles. The zero-order valence-electron chi connectivity index (χ0n) is 11.8. The first-order valence-electron chi connectivity index (χ1n) is 6.55. The van der Waals surface area contributed by atoms with Crippen LogP contribution in [0.2, 0.25) is 0 Å². The van der Waals surface area contributed by atoms with Gasteiger partial charge in [0.05, 0.1) is 7.11 Å². The highest BCUT2D eigenvalue weighted by molar-refractivity contribution is 6.04. The number of hydrogen-bond donors (Lipinski definition) is 2. The second-order valence-electron chi connectivity index (χ2n) is 4.57. The number of fused-ring (bicyclic) bond motifs is 1. The first kappa shape index (κ1) is 13.9. The zero-order valence-corrected chi connectivity index (χ0v) is 11.8. The summed E-state index contributed by atoms with van der Waals surface area (Å²) in [5.41, 5.74) is 0.444. The van der Waals surface area contributed by atoms with Crippen LogP contribution < -0.4 is 20.1 Å². The lowest BCUT2D eigenvalue weighted by Gasteiger charge is -2.17. The quantitative estimate of drug-likeness (QED) is 0.900. The maximum absolute atomic E-state index is 12.2. The second-order valence-corrected chi connectivity index (χ2v) is 4.57. The van der Waals surface area contributed by atoms with E-state index in [0.717, 1.165) is 0 Å². The van der Waals surface area contributed by atoms with E-state index in [9.17, 15) is 9.59 Å². The summed E-state index contributed by atoms with van der Waals surface area (Å²) in [6, 6.07) is 10.0. The Balaban J connectivity index is 1.79. The normalized spacial score (nSPS) is 12.7. The summed E-state index contributed by atoms with van der Waals surface area (Å²) in [4.78, 5) is 27.6. The Morgan fingerprint density at radius 2 is 2.23 bits per heavy atom. The van der Waals surface area contributed by atoms with Crippen molar-refractivity contribution in [3.8, 4) is 11.5 Å². The number of hydrogen-bond acceptors (Lipinski definition) is 5. The molecule has 2 aromatic rings. The van der Waals surface area contributed by atoms with E-state index in [-0.39, 0.29) is 18.4 Å². The first-order valence-corrected chi connectivity index (χ1v) is 6.55. The van der Waals surface area contributed by atoms with Gasteiger partial charge in [-0.15, -0.1) is 0 Å². The van der Waals surface area contributed by atoms with Gasteiger partial charge < -0.3 is 20.1 Å². The lowest BCUT2D eigenvalue weighted by Crippen LogP contribution is -2.26. The second kappa shape index (κ2) is 5.72. The van der Waals surface area contributed by atoms with Crippen LogP contribution in [0.3, 0.4) is 0 Å². The van der Waals surface area contributed by atoms with Gasteiger partial charge in [0.2, 0.25) is 0 Å². The molecule has 0 bridgehead atoms. The van der Waals surface area contributed by atoms with Crippen LogP contribution in [0.5, 0.6) is 11.5 Å².